The molecule has 1 aromatic rings. The number of urea groups is 1. The van der Waals surface area contributed by atoms with Crippen molar-refractivity contribution in [1.29, 1.82) is 0 Å². The minimum atomic E-state index is -0.910. The molecule has 0 radical (unpaired) electrons. The van der Waals surface area contributed by atoms with E-state index in [0.29, 0.717) is 12.2 Å². The van der Waals surface area contributed by atoms with Gasteiger partial charge in [-0.2, -0.15) is 0 Å². The van der Waals surface area contributed by atoms with Gasteiger partial charge in [0.25, 0.3) is 0 Å². The number of pyridine rings is 1. The Kier molecular flexibility index (Phi) is 3.96. The molecule has 1 aliphatic rings. The van der Waals surface area contributed by atoms with Gasteiger partial charge in [0.05, 0.1) is 17.3 Å². The normalized spacial score (nSPS) is 19.6. The van der Waals surface area contributed by atoms with Crippen LogP contribution in [-0.4, -0.2) is 39.2 Å². The molecule has 2 rings (SSSR count). The van der Waals surface area contributed by atoms with E-state index >= 15 is 0 Å². The van der Waals surface area contributed by atoms with Gasteiger partial charge >= 0.3 is 6.03 Å². The highest BCUT2D eigenvalue weighted by molar-refractivity contribution is 6.32. The number of aliphatic hydroxyl groups is 1. The molecule has 0 aliphatic carbocycles. The lowest BCUT2D eigenvalue weighted by Gasteiger charge is -2.33. The highest BCUT2D eigenvalue weighted by Crippen LogP contribution is 2.28. The minimum Gasteiger partial charge on any atom is -0.388 e. The van der Waals surface area contributed by atoms with Gasteiger partial charge in [-0.15, -0.1) is 0 Å². The summed E-state index contributed by atoms with van der Waals surface area (Å²) < 4.78 is 0. The highest BCUT2D eigenvalue weighted by atomic mass is 35.5. The molecule has 5 nitrogen and oxygen atoms in total. The summed E-state index contributed by atoms with van der Waals surface area (Å²) in [5.74, 6) is 0. The van der Waals surface area contributed by atoms with Crippen molar-refractivity contribution in [3.8, 4) is 0 Å². The highest BCUT2D eigenvalue weighted by Gasteiger charge is 2.38. The summed E-state index contributed by atoms with van der Waals surface area (Å²) in [6, 6.07) is 2.98. The number of hydrogen-bond acceptors (Lipinski definition) is 3. The number of aromatic nitrogens is 1. The first kappa shape index (κ1) is 14.1. The van der Waals surface area contributed by atoms with Gasteiger partial charge in [-0.05, 0) is 38.8 Å². The Bertz CT molecular complexity index is 473. The van der Waals surface area contributed by atoms with E-state index in [1.165, 1.54) is 0 Å². The average molecular weight is 284 g/mol. The van der Waals surface area contributed by atoms with E-state index in [2.05, 4.69) is 10.3 Å². The van der Waals surface area contributed by atoms with Crippen molar-refractivity contribution < 1.29 is 9.90 Å². The maximum atomic E-state index is 12.2. The quantitative estimate of drug-likeness (QED) is 0.820. The summed E-state index contributed by atoms with van der Waals surface area (Å²) in [4.78, 5) is 17.8. The molecule has 0 aromatic carbocycles. The van der Waals surface area contributed by atoms with Gasteiger partial charge < -0.3 is 15.3 Å². The monoisotopic (exact) mass is 283 g/mol. The number of likely N-dealkylation sites (tertiary alicyclic amines) is 1. The van der Waals surface area contributed by atoms with Crippen molar-refractivity contribution in [3.63, 3.8) is 0 Å². The third-order valence-corrected chi connectivity index (χ3v) is 3.63. The lowest BCUT2D eigenvalue weighted by atomic mass is 9.97. The maximum Gasteiger partial charge on any atom is 0.322 e. The molecule has 19 heavy (non-hydrogen) atoms. The molecule has 1 aromatic heterocycles. The number of carbonyl (C=O) groups excluding carboxylic acids is 1. The van der Waals surface area contributed by atoms with E-state index in [0.717, 1.165) is 12.8 Å². The zero-order valence-electron chi connectivity index (χ0n) is 11.1. The van der Waals surface area contributed by atoms with Crippen LogP contribution in [0.25, 0.3) is 0 Å². The number of anilines is 1. The maximum absolute atomic E-state index is 12.2. The zero-order chi connectivity index (χ0) is 14.0. The average Bonchev–Trinajstić information content (AvgIpc) is 2.81. The first-order valence-corrected chi connectivity index (χ1v) is 6.68. The molecule has 0 saturated carbocycles. The molecule has 1 fully saturated rings. The molecule has 2 heterocycles. The van der Waals surface area contributed by atoms with Crippen LogP contribution in [-0.2, 0) is 0 Å². The predicted molar refractivity (Wildman–Crippen MR) is 74.3 cm³/mol. The molecule has 1 saturated heterocycles. The first-order valence-electron chi connectivity index (χ1n) is 6.30. The fourth-order valence-electron chi connectivity index (χ4n) is 2.41. The fraction of sp³-hybridized carbons (Fsp3) is 0.538. The standard InChI is InChI=1S/C13H18ClN3O2/c1-13(2,19)10-6-4-8-17(10)12(18)16-9-5-3-7-15-11(9)14/h3,5,7,10,19H,4,6,8H2,1-2H3,(H,16,18). The Morgan fingerprint density at radius 1 is 1.63 bits per heavy atom. The number of hydrogen-bond donors (Lipinski definition) is 2. The third kappa shape index (κ3) is 3.16. The van der Waals surface area contributed by atoms with Gasteiger partial charge in [0.1, 0.15) is 0 Å². The molecular weight excluding hydrogens is 266 g/mol. The number of rotatable bonds is 2. The molecule has 6 heteroatoms. The van der Waals surface area contributed by atoms with Crippen LogP contribution in [0.5, 0.6) is 0 Å². The molecule has 2 N–H and O–H groups in total. The van der Waals surface area contributed by atoms with E-state index in [9.17, 15) is 9.90 Å². The second-order valence-corrected chi connectivity index (χ2v) is 5.64. The molecular formula is C13H18ClN3O2. The molecule has 2 amide bonds. The summed E-state index contributed by atoms with van der Waals surface area (Å²) >= 11 is 5.91. The summed E-state index contributed by atoms with van der Waals surface area (Å²) in [5, 5.41) is 13.1. The predicted octanol–water partition coefficient (Wildman–Crippen LogP) is 2.50. The van der Waals surface area contributed by atoms with E-state index < -0.39 is 5.60 Å². The van der Waals surface area contributed by atoms with Crippen molar-refractivity contribution in [2.24, 2.45) is 0 Å². The second kappa shape index (κ2) is 5.35. The molecule has 104 valence electrons. The smallest absolute Gasteiger partial charge is 0.322 e. The van der Waals surface area contributed by atoms with Gasteiger partial charge in [0.15, 0.2) is 5.15 Å². The van der Waals surface area contributed by atoms with E-state index in [4.69, 9.17) is 11.6 Å². The summed E-state index contributed by atoms with van der Waals surface area (Å²) in [6.07, 6.45) is 3.26. The Morgan fingerprint density at radius 2 is 2.37 bits per heavy atom. The number of halogens is 1. The summed E-state index contributed by atoms with van der Waals surface area (Å²) in [7, 11) is 0. The largest absolute Gasteiger partial charge is 0.388 e. The van der Waals surface area contributed by atoms with E-state index in [-0.39, 0.29) is 17.2 Å². The van der Waals surface area contributed by atoms with Crippen molar-refractivity contribution in [2.45, 2.75) is 38.3 Å². The Hall–Kier alpha value is -1.33. The fourth-order valence-corrected chi connectivity index (χ4v) is 2.58. The van der Waals surface area contributed by atoms with Gasteiger partial charge in [-0.25, -0.2) is 9.78 Å². The van der Waals surface area contributed by atoms with Crippen LogP contribution in [0, 0.1) is 0 Å². The Labute approximate surface area is 117 Å². The van der Waals surface area contributed by atoms with Crippen LogP contribution < -0.4 is 5.32 Å². The summed E-state index contributed by atoms with van der Waals surface area (Å²) in [5.41, 5.74) is -0.428. The molecule has 1 atom stereocenters. The Balaban J connectivity index is 2.10. The number of nitrogens with zero attached hydrogens (tertiary/aromatic N) is 2. The third-order valence-electron chi connectivity index (χ3n) is 3.33. The molecule has 1 unspecified atom stereocenters. The number of nitrogens with one attached hydrogen (secondary N) is 1. The molecule has 1 aliphatic heterocycles. The minimum absolute atomic E-state index is 0.178. The van der Waals surface area contributed by atoms with Crippen LogP contribution in [0.15, 0.2) is 18.3 Å². The van der Waals surface area contributed by atoms with Gasteiger partial charge in [-0.3, -0.25) is 0 Å². The van der Waals surface area contributed by atoms with Crippen molar-refractivity contribution in [2.75, 3.05) is 11.9 Å². The van der Waals surface area contributed by atoms with Crippen molar-refractivity contribution in [3.05, 3.63) is 23.5 Å². The van der Waals surface area contributed by atoms with Crippen molar-refractivity contribution >= 4 is 23.3 Å². The first-order chi connectivity index (χ1) is 8.89. The Morgan fingerprint density at radius 3 is 3.00 bits per heavy atom. The van der Waals surface area contributed by atoms with E-state index in [1.807, 2.05) is 0 Å². The number of carbonyl (C=O) groups is 1. The lowest BCUT2D eigenvalue weighted by Crippen LogP contribution is -2.49. The molecule has 0 spiro atoms. The van der Waals surface area contributed by atoms with Gasteiger partial charge in [0, 0.05) is 12.7 Å². The summed E-state index contributed by atoms with van der Waals surface area (Å²) in [6.45, 7) is 4.08. The SMILES string of the molecule is CC(C)(O)C1CCCN1C(=O)Nc1cccnc1Cl. The van der Waals surface area contributed by atoms with Crippen LogP contribution in [0.4, 0.5) is 10.5 Å². The van der Waals surface area contributed by atoms with Crippen molar-refractivity contribution in [1.82, 2.24) is 9.88 Å². The van der Waals surface area contributed by atoms with Crippen LogP contribution >= 0.6 is 11.6 Å². The lowest BCUT2D eigenvalue weighted by molar-refractivity contribution is 0.0117. The number of amides is 2. The van der Waals surface area contributed by atoms with Gasteiger partial charge in [-0.1, -0.05) is 11.6 Å². The van der Waals surface area contributed by atoms with Crippen LogP contribution in [0.3, 0.4) is 0 Å². The second-order valence-electron chi connectivity index (χ2n) is 5.28. The zero-order valence-corrected chi connectivity index (χ0v) is 11.8. The topological polar surface area (TPSA) is 65.5 Å². The molecule has 0 bridgehead atoms. The van der Waals surface area contributed by atoms with Crippen LogP contribution in [0.1, 0.15) is 26.7 Å². The van der Waals surface area contributed by atoms with Crippen LogP contribution in [0.2, 0.25) is 5.15 Å². The van der Waals surface area contributed by atoms with Gasteiger partial charge in [0.2, 0.25) is 0 Å². The van der Waals surface area contributed by atoms with E-state index in [1.54, 1.807) is 37.1 Å².